The van der Waals surface area contributed by atoms with Crippen molar-refractivity contribution in [3.8, 4) is 34.8 Å². The number of azide groups is 1. The molecule has 0 spiro atoms. The number of aromatic carboxylic acids is 1. The lowest BCUT2D eigenvalue weighted by molar-refractivity contribution is -0.119. The number of nitrogens with zero attached hydrogens (tertiary/aromatic N) is 3. The van der Waals surface area contributed by atoms with E-state index >= 15 is 0 Å². The number of carbonyl (C=O) groups excluding carboxylic acids is 2. The molecule has 0 aromatic heterocycles. The van der Waals surface area contributed by atoms with Crippen molar-refractivity contribution in [2.75, 3.05) is 0 Å². The molecule has 2 N–H and O–H groups in total. The third kappa shape index (κ3) is 17.1. The molecule has 1 atom stereocenters. The molecule has 0 radical (unpaired) electrons. The molecule has 0 bridgehead atoms. The normalized spacial score (nSPS) is 14.0. The molecule has 11 heteroatoms. The van der Waals surface area contributed by atoms with Gasteiger partial charge in [-0.2, -0.15) is 0 Å². The van der Waals surface area contributed by atoms with Crippen molar-refractivity contribution < 1.29 is 28.6 Å². The highest BCUT2D eigenvalue weighted by molar-refractivity contribution is 6.07. The molecule has 310 valence electrons. The highest BCUT2D eigenvalue weighted by Crippen LogP contribution is 2.41. The van der Waals surface area contributed by atoms with Crippen LogP contribution in [0, 0.1) is 31.1 Å². The maximum Gasteiger partial charge on any atom is 0.407 e. The van der Waals surface area contributed by atoms with Crippen LogP contribution in [0.3, 0.4) is 0 Å². The minimum Gasteiger partial charge on any atom is -0.478 e. The van der Waals surface area contributed by atoms with E-state index < -0.39 is 5.97 Å². The Balaban J connectivity index is 0.000000367. The van der Waals surface area contributed by atoms with E-state index in [0.717, 1.165) is 43.1 Å². The van der Waals surface area contributed by atoms with Crippen molar-refractivity contribution in [2.24, 2.45) is 17.0 Å². The van der Waals surface area contributed by atoms with Crippen LogP contribution >= 0.6 is 0 Å². The highest BCUT2D eigenvalue weighted by Gasteiger charge is 2.22. The summed E-state index contributed by atoms with van der Waals surface area (Å²) in [6.45, 7) is 17.4. The van der Waals surface area contributed by atoms with E-state index in [4.69, 9.17) is 21.1 Å². The number of carboxylic acids is 1. The average Bonchev–Trinajstić information content (AvgIpc) is 3.11. The molecule has 0 saturated carbocycles. The molecule has 0 saturated heterocycles. The number of alkyl carbamates (subject to hydrolysis) is 1. The van der Waals surface area contributed by atoms with Crippen LogP contribution in [0.5, 0.6) is 0 Å². The van der Waals surface area contributed by atoms with Gasteiger partial charge in [0.2, 0.25) is 0 Å². The lowest BCUT2D eigenvalue weighted by Gasteiger charge is -2.19. The number of allylic oxidation sites excluding steroid dienone is 2. The van der Waals surface area contributed by atoms with Crippen molar-refractivity contribution in [2.45, 2.75) is 125 Å². The average molecular weight is 793 g/mol. The molecule has 3 aliphatic rings. The number of carboxylic acid groups (broad SMARTS) is 1. The predicted octanol–water partition coefficient (Wildman–Crippen LogP) is 11.7. The van der Waals surface area contributed by atoms with Crippen LogP contribution in [0.2, 0.25) is 0 Å². The fourth-order valence-corrected chi connectivity index (χ4v) is 5.89. The van der Waals surface area contributed by atoms with Gasteiger partial charge in [-0.1, -0.05) is 83.1 Å². The summed E-state index contributed by atoms with van der Waals surface area (Å²) in [6.07, 6.45) is 14.9. The van der Waals surface area contributed by atoms with Crippen LogP contribution in [-0.2, 0) is 16.0 Å². The van der Waals surface area contributed by atoms with Crippen LogP contribution in [-0.4, -0.2) is 41.1 Å². The zero-order valence-corrected chi connectivity index (χ0v) is 35.5. The number of ketones is 1. The summed E-state index contributed by atoms with van der Waals surface area (Å²) in [4.78, 5) is 50.4. The van der Waals surface area contributed by atoms with Gasteiger partial charge in [0, 0.05) is 58.3 Å². The van der Waals surface area contributed by atoms with E-state index in [2.05, 4.69) is 33.4 Å². The molecule has 2 aliphatic carbocycles. The van der Waals surface area contributed by atoms with Crippen molar-refractivity contribution in [3.05, 3.63) is 104 Å². The number of amides is 1. The Labute approximate surface area is 343 Å². The molecule has 58 heavy (non-hydrogen) atoms. The van der Waals surface area contributed by atoms with E-state index in [9.17, 15) is 24.3 Å². The van der Waals surface area contributed by atoms with E-state index in [1.54, 1.807) is 24.3 Å². The number of ether oxygens (including phenoxy) is 1. The number of hydrogen-bond donors (Lipinski definition) is 2. The highest BCUT2D eigenvalue weighted by atomic mass is 16.6. The summed E-state index contributed by atoms with van der Waals surface area (Å²) in [5.74, 6) is 2.60. The molecule has 5 rings (SSSR count). The van der Waals surface area contributed by atoms with Gasteiger partial charge in [-0.25, -0.2) is 9.59 Å². The second-order valence-corrected chi connectivity index (χ2v) is 15.6. The Morgan fingerprint density at radius 3 is 2.22 bits per heavy atom. The Morgan fingerprint density at radius 2 is 1.64 bits per heavy atom. The number of aryl methyl sites for hydroxylation is 1. The van der Waals surface area contributed by atoms with Crippen molar-refractivity contribution in [1.82, 2.24) is 5.32 Å². The summed E-state index contributed by atoms with van der Waals surface area (Å²) >= 11 is 0. The second-order valence-electron chi connectivity index (χ2n) is 15.6. The number of terminal acetylenes is 1. The number of fused-ring (bicyclic) bond motifs is 2. The molecular weight excluding hydrogens is 733 g/mol. The third-order valence-electron chi connectivity index (χ3n) is 8.48. The quantitative estimate of drug-likeness (QED) is 0.0424. The lowest BCUT2D eigenvalue weighted by Crippen LogP contribution is -2.33. The van der Waals surface area contributed by atoms with Crippen molar-refractivity contribution in [1.29, 1.82) is 0 Å². The monoisotopic (exact) mass is 792 g/mol. The molecule has 2 aromatic rings. The lowest BCUT2D eigenvalue weighted by atomic mass is 9.89. The Hall–Kier alpha value is -5.85. The summed E-state index contributed by atoms with van der Waals surface area (Å²) in [7, 11) is 0. The van der Waals surface area contributed by atoms with Gasteiger partial charge in [0.1, 0.15) is 23.2 Å². The first-order valence-electron chi connectivity index (χ1n) is 19.9. The Bertz CT molecular complexity index is 2120. The van der Waals surface area contributed by atoms with Gasteiger partial charge in [-0.15, -0.1) is 12.3 Å². The summed E-state index contributed by atoms with van der Waals surface area (Å²) < 4.78 is 11.3. The first kappa shape index (κ1) is 48.3. The summed E-state index contributed by atoms with van der Waals surface area (Å²) in [5.41, 5.74) is 11.7. The molecule has 1 heterocycles. The first-order valence-corrected chi connectivity index (χ1v) is 19.9. The molecule has 1 unspecified atom stereocenters. The molecule has 2 aromatic carbocycles. The van der Waals surface area contributed by atoms with Gasteiger partial charge in [0.15, 0.2) is 5.43 Å². The first-order chi connectivity index (χ1) is 27.4. The SMILES string of the molecule is C#CC(C)C.CC(C)N=[N+]=[N-].CC(C)NC(=O)OC1CC/C=C/CCC1.Cc1ccc2c(-c3ccc(CC(=O)CC(C)C)cc3C(=O)O)c3ccc(=O)cc-3oc2c1. The standard InChI is InChI=1S/C27H24O5.C12H21NO2.C5H8.C3H7N3/c1-15(2)10-19(29)12-17-5-8-20(23(13-17)27(30)31)26-21-7-4-16(3)11-24(21)32-25-14-18(28)6-9-22(25)26;1-10(2)13-12(14)15-11-8-6-4-3-5-7-9-11;1-4-5(2)3;1-3(2)5-6-4/h4-9,11,13-15H,10,12H2,1-3H3,(H,30,31);3-4,10-11H,5-9H2,1-2H3,(H,13,14);1,5H,2-3H3;3H,1-2H3/b;4-3+;;. The fourth-order valence-electron chi connectivity index (χ4n) is 5.89. The van der Waals surface area contributed by atoms with Crippen LogP contribution < -0.4 is 10.7 Å². The number of carbonyl (C=O) groups is 3. The van der Waals surface area contributed by atoms with Gasteiger partial charge < -0.3 is 19.6 Å². The zero-order valence-electron chi connectivity index (χ0n) is 35.5. The zero-order chi connectivity index (χ0) is 43.4. The fraction of sp³-hybridized carbons (Fsp3) is 0.447. The minimum atomic E-state index is -1.08. The minimum absolute atomic E-state index is 0.0805. The van der Waals surface area contributed by atoms with Crippen LogP contribution in [0.1, 0.15) is 115 Å². The molecule has 1 amide bonds. The maximum absolute atomic E-state index is 12.3. The second kappa shape index (κ2) is 24.7. The van der Waals surface area contributed by atoms with Gasteiger partial charge >= 0.3 is 12.1 Å². The number of benzene rings is 3. The van der Waals surface area contributed by atoms with E-state index in [-0.39, 0.29) is 53.4 Å². The van der Waals surface area contributed by atoms with E-state index in [1.165, 1.54) is 12.1 Å². The summed E-state index contributed by atoms with van der Waals surface area (Å²) in [5, 5.41) is 16.8. The van der Waals surface area contributed by atoms with Crippen molar-refractivity contribution >= 4 is 28.8 Å². The Kier molecular flexibility index (Phi) is 20.6. The van der Waals surface area contributed by atoms with Gasteiger partial charge in [0.25, 0.3) is 0 Å². The molecule has 0 fully saturated rings. The van der Waals surface area contributed by atoms with Crippen LogP contribution in [0.25, 0.3) is 43.9 Å². The third-order valence-corrected chi connectivity index (χ3v) is 8.48. The van der Waals surface area contributed by atoms with Crippen molar-refractivity contribution in [3.63, 3.8) is 0 Å². The van der Waals surface area contributed by atoms with E-state index in [1.807, 2.05) is 80.5 Å². The largest absolute Gasteiger partial charge is 0.478 e. The van der Waals surface area contributed by atoms with Crippen LogP contribution in [0.4, 0.5) is 4.79 Å². The van der Waals surface area contributed by atoms with Crippen LogP contribution in [0.15, 0.2) is 81.1 Å². The smallest absolute Gasteiger partial charge is 0.407 e. The number of rotatable bonds is 9. The number of hydrogen-bond acceptors (Lipinski definition) is 7. The number of nitrogens with one attached hydrogen (secondary N) is 1. The Morgan fingerprint density at radius 1 is 0.966 bits per heavy atom. The molecular formula is C47H60N4O7. The van der Waals surface area contributed by atoms with Gasteiger partial charge in [-0.05, 0) is 105 Å². The molecule has 11 nitrogen and oxygen atoms in total. The number of Topliss-reactive ketones (excluding diaryl/α,β-unsaturated/α-hetero) is 1. The predicted molar refractivity (Wildman–Crippen MR) is 233 cm³/mol. The van der Waals surface area contributed by atoms with Gasteiger partial charge in [0.05, 0.1) is 5.56 Å². The molecule has 1 aliphatic heterocycles. The summed E-state index contributed by atoms with van der Waals surface area (Å²) in [6, 6.07) is 15.6. The maximum atomic E-state index is 12.3. The van der Waals surface area contributed by atoms with E-state index in [0.29, 0.717) is 45.9 Å². The topological polar surface area (TPSA) is 172 Å². The van der Waals surface area contributed by atoms with Gasteiger partial charge in [-0.3, -0.25) is 9.59 Å².